The fourth-order valence-electron chi connectivity index (χ4n) is 2.21. The first kappa shape index (κ1) is 11.5. The maximum absolute atomic E-state index is 12.3. The van der Waals surface area contributed by atoms with E-state index in [1.54, 1.807) is 0 Å². The highest BCUT2D eigenvalue weighted by atomic mass is 32.1. The van der Waals surface area contributed by atoms with Gasteiger partial charge in [-0.05, 0) is 38.3 Å². The standard InChI is InChI=1S/C13H17NOS/c1-10-6-4-5-9-14(10)13(15)11-7-2-3-8-12(11)16/h2-3,7-8,10,16H,4-6,9H2,1H3. The van der Waals surface area contributed by atoms with Gasteiger partial charge >= 0.3 is 0 Å². The lowest BCUT2D eigenvalue weighted by Crippen LogP contribution is -2.42. The van der Waals surface area contributed by atoms with Crippen LogP contribution in [0.1, 0.15) is 36.5 Å². The van der Waals surface area contributed by atoms with Crippen LogP contribution < -0.4 is 0 Å². The fraction of sp³-hybridized carbons (Fsp3) is 0.462. The summed E-state index contributed by atoms with van der Waals surface area (Å²) in [5.41, 5.74) is 0.722. The highest BCUT2D eigenvalue weighted by molar-refractivity contribution is 7.80. The Kier molecular flexibility index (Phi) is 3.54. The summed E-state index contributed by atoms with van der Waals surface area (Å²) in [6, 6.07) is 7.87. The van der Waals surface area contributed by atoms with Crippen LogP contribution in [0.5, 0.6) is 0 Å². The molecule has 0 aliphatic carbocycles. The van der Waals surface area contributed by atoms with Crippen molar-refractivity contribution in [3.05, 3.63) is 29.8 Å². The summed E-state index contributed by atoms with van der Waals surface area (Å²) >= 11 is 4.34. The highest BCUT2D eigenvalue weighted by Gasteiger charge is 2.24. The van der Waals surface area contributed by atoms with Crippen LogP contribution in [0.2, 0.25) is 0 Å². The van der Waals surface area contributed by atoms with Crippen LogP contribution in [0.4, 0.5) is 0 Å². The van der Waals surface area contributed by atoms with E-state index >= 15 is 0 Å². The molecule has 3 heteroatoms. The third-order valence-corrected chi connectivity index (χ3v) is 3.59. The van der Waals surface area contributed by atoms with Gasteiger partial charge in [0.2, 0.25) is 0 Å². The summed E-state index contributed by atoms with van der Waals surface area (Å²) in [4.78, 5) is 15.0. The number of piperidine rings is 1. The number of hydrogen-bond acceptors (Lipinski definition) is 2. The van der Waals surface area contributed by atoms with E-state index in [0.717, 1.165) is 29.8 Å². The summed E-state index contributed by atoms with van der Waals surface area (Å²) in [5.74, 6) is 0.123. The van der Waals surface area contributed by atoms with Crippen LogP contribution in [0.15, 0.2) is 29.2 Å². The first-order valence-corrected chi connectivity index (χ1v) is 6.24. The predicted molar refractivity (Wildman–Crippen MR) is 68.0 cm³/mol. The number of nitrogens with zero attached hydrogens (tertiary/aromatic N) is 1. The lowest BCUT2D eigenvalue weighted by Gasteiger charge is -2.33. The molecule has 1 amide bonds. The molecule has 2 nitrogen and oxygen atoms in total. The number of carbonyl (C=O) groups excluding carboxylic acids is 1. The summed E-state index contributed by atoms with van der Waals surface area (Å²) in [5, 5.41) is 0. The van der Waals surface area contributed by atoms with Gasteiger partial charge in [-0.15, -0.1) is 12.6 Å². The average molecular weight is 235 g/mol. The smallest absolute Gasteiger partial charge is 0.255 e. The van der Waals surface area contributed by atoms with E-state index in [4.69, 9.17) is 0 Å². The number of carbonyl (C=O) groups is 1. The molecule has 0 saturated carbocycles. The fourth-order valence-corrected chi connectivity index (χ4v) is 2.47. The molecule has 1 atom stereocenters. The zero-order valence-corrected chi connectivity index (χ0v) is 10.4. The molecule has 86 valence electrons. The molecule has 1 unspecified atom stereocenters. The second-order valence-corrected chi connectivity index (χ2v) is 4.84. The van der Waals surface area contributed by atoms with Crippen molar-refractivity contribution in [2.45, 2.75) is 37.1 Å². The zero-order chi connectivity index (χ0) is 11.5. The van der Waals surface area contributed by atoms with Crippen molar-refractivity contribution in [1.29, 1.82) is 0 Å². The van der Waals surface area contributed by atoms with Gasteiger partial charge in [0, 0.05) is 17.5 Å². The van der Waals surface area contributed by atoms with Crippen molar-refractivity contribution >= 4 is 18.5 Å². The maximum atomic E-state index is 12.3. The molecule has 0 radical (unpaired) electrons. The van der Waals surface area contributed by atoms with Crippen molar-refractivity contribution < 1.29 is 4.79 Å². The second kappa shape index (κ2) is 4.91. The van der Waals surface area contributed by atoms with Crippen molar-refractivity contribution in [2.75, 3.05) is 6.54 Å². The van der Waals surface area contributed by atoms with Crippen LogP contribution in [-0.4, -0.2) is 23.4 Å². The van der Waals surface area contributed by atoms with E-state index in [-0.39, 0.29) is 5.91 Å². The van der Waals surface area contributed by atoms with E-state index in [9.17, 15) is 4.79 Å². The molecule has 1 aromatic rings. The Balaban J connectivity index is 2.21. The number of rotatable bonds is 1. The van der Waals surface area contributed by atoms with Gasteiger partial charge in [0.05, 0.1) is 5.56 Å². The van der Waals surface area contributed by atoms with Crippen molar-refractivity contribution in [3.63, 3.8) is 0 Å². The highest BCUT2D eigenvalue weighted by Crippen LogP contribution is 2.22. The van der Waals surface area contributed by atoms with Crippen molar-refractivity contribution in [3.8, 4) is 0 Å². The lowest BCUT2D eigenvalue weighted by atomic mass is 10.0. The van der Waals surface area contributed by atoms with Crippen molar-refractivity contribution in [2.24, 2.45) is 0 Å². The molecule has 1 aromatic carbocycles. The summed E-state index contributed by atoms with van der Waals surface area (Å²) in [6.07, 6.45) is 3.46. The Morgan fingerprint density at radius 2 is 2.12 bits per heavy atom. The molecule has 1 aliphatic heterocycles. The van der Waals surface area contributed by atoms with Crippen LogP contribution in [0, 0.1) is 0 Å². The molecule has 1 heterocycles. The monoisotopic (exact) mass is 235 g/mol. The Bertz CT molecular complexity index is 391. The number of hydrogen-bond donors (Lipinski definition) is 1. The average Bonchev–Trinajstić information content (AvgIpc) is 2.29. The molecule has 1 saturated heterocycles. The Hall–Kier alpha value is -0.960. The Labute approximate surface area is 102 Å². The molecular weight excluding hydrogens is 218 g/mol. The van der Waals surface area contributed by atoms with Crippen LogP contribution in [0.3, 0.4) is 0 Å². The third kappa shape index (κ3) is 2.24. The lowest BCUT2D eigenvalue weighted by molar-refractivity contribution is 0.0632. The van der Waals surface area contributed by atoms with Crippen LogP contribution >= 0.6 is 12.6 Å². The van der Waals surface area contributed by atoms with Gasteiger partial charge < -0.3 is 4.90 Å². The number of benzene rings is 1. The van der Waals surface area contributed by atoms with Crippen molar-refractivity contribution in [1.82, 2.24) is 4.90 Å². The summed E-state index contributed by atoms with van der Waals surface area (Å²) < 4.78 is 0. The quantitative estimate of drug-likeness (QED) is 0.742. The topological polar surface area (TPSA) is 20.3 Å². The maximum Gasteiger partial charge on any atom is 0.255 e. The second-order valence-electron chi connectivity index (χ2n) is 4.36. The van der Waals surface area contributed by atoms with Crippen LogP contribution in [-0.2, 0) is 0 Å². The third-order valence-electron chi connectivity index (χ3n) is 3.20. The van der Waals surface area contributed by atoms with Gasteiger partial charge in [-0.2, -0.15) is 0 Å². The van der Waals surface area contributed by atoms with Gasteiger partial charge in [-0.1, -0.05) is 12.1 Å². The molecule has 0 N–H and O–H groups in total. The number of amides is 1. The first-order chi connectivity index (χ1) is 7.70. The van der Waals surface area contributed by atoms with Gasteiger partial charge in [-0.25, -0.2) is 0 Å². The van der Waals surface area contributed by atoms with Gasteiger partial charge in [0.25, 0.3) is 5.91 Å². The minimum absolute atomic E-state index is 0.123. The first-order valence-electron chi connectivity index (χ1n) is 5.79. The summed E-state index contributed by atoms with van der Waals surface area (Å²) in [6.45, 7) is 3.00. The molecule has 1 aliphatic rings. The van der Waals surface area contributed by atoms with Gasteiger partial charge in [0.15, 0.2) is 0 Å². The molecule has 0 aromatic heterocycles. The molecule has 0 spiro atoms. The van der Waals surface area contributed by atoms with Gasteiger partial charge in [0.1, 0.15) is 0 Å². The number of thiol groups is 1. The molecule has 0 bridgehead atoms. The minimum atomic E-state index is 0.123. The number of likely N-dealkylation sites (tertiary alicyclic amines) is 1. The summed E-state index contributed by atoms with van der Waals surface area (Å²) in [7, 11) is 0. The minimum Gasteiger partial charge on any atom is -0.336 e. The predicted octanol–water partition coefficient (Wildman–Crippen LogP) is 2.99. The molecule has 16 heavy (non-hydrogen) atoms. The molecule has 2 rings (SSSR count). The van der Waals surface area contributed by atoms with E-state index in [1.165, 1.54) is 6.42 Å². The van der Waals surface area contributed by atoms with E-state index in [2.05, 4.69) is 19.6 Å². The zero-order valence-electron chi connectivity index (χ0n) is 9.52. The van der Waals surface area contributed by atoms with E-state index in [1.807, 2.05) is 29.2 Å². The van der Waals surface area contributed by atoms with Crippen LogP contribution in [0.25, 0.3) is 0 Å². The largest absolute Gasteiger partial charge is 0.336 e. The Morgan fingerprint density at radius 3 is 2.81 bits per heavy atom. The molecule has 1 fully saturated rings. The molecular formula is C13H17NOS. The van der Waals surface area contributed by atoms with Gasteiger partial charge in [-0.3, -0.25) is 4.79 Å². The van der Waals surface area contributed by atoms with E-state index < -0.39 is 0 Å². The normalized spacial score (nSPS) is 20.9. The van der Waals surface area contributed by atoms with E-state index in [0.29, 0.717) is 6.04 Å². The SMILES string of the molecule is CC1CCCCN1C(=O)c1ccccc1S. The Morgan fingerprint density at radius 1 is 1.38 bits per heavy atom.